The molecule has 0 spiro atoms. The molecule has 2 aromatic rings. The number of nitrogens with one attached hydrogen (secondary N) is 3. The van der Waals surface area contributed by atoms with Crippen molar-refractivity contribution in [2.24, 2.45) is 0 Å². The zero-order chi connectivity index (χ0) is 18.8. The van der Waals surface area contributed by atoms with Crippen LogP contribution in [0.4, 0.5) is 5.69 Å². The molecule has 134 valence electrons. The summed E-state index contributed by atoms with van der Waals surface area (Å²) in [6.45, 7) is 5.86. The Morgan fingerprint density at radius 2 is 1.92 bits per heavy atom. The molecule has 1 amide bonds. The lowest BCUT2D eigenvalue weighted by Crippen LogP contribution is -2.45. The molecule has 6 heteroatoms. The fourth-order valence-electron chi connectivity index (χ4n) is 2.99. The SMILES string of the molecule is CC1=C(C(=O)Nc2cc(C)ccc2C)[C@@H](c2cccc(Br)c2)NC(=S)N1. The number of amides is 1. The van der Waals surface area contributed by atoms with Crippen LogP contribution in [0.5, 0.6) is 0 Å². The third-order valence-corrected chi connectivity index (χ3v) is 5.05. The van der Waals surface area contributed by atoms with E-state index in [2.05, 4.69) is 31.9 Å². The quantitative estimate of drug-likeness (QED) is 0.628. The van der Waals surface area contributed by atoms with E-state index < -0.39 is 0 Å². The average Bonchev–Trinajstić information content (AvgIpc) is 2.57. The molecule has 0 radical (unpaired) electrons. The van der Waals surface area contributed by atoms with E-state index in [0.29, 0.717) is 10.7 Å². The zero-order valence-electron chi connectivity index (χ0n) is 14.8. The monoisotopic (exact) mass is 429 g/mol. The highest BCUT2D eigenvalue weighted by Crippen LogP contribution is 2.29. The number of carbonyl (C=O) groups is 1. The number of aryl methyl sites for hydroxylation is 2. The number of carbonyl (C=O) groups excluding carboxylic acids is 1. The normalized spacial score (nSPS) is 16.8. The smallest absolute Gasteiger partial charge is 0.255 e. The van der Waals surface area contributed by atoms with E-state index in [1.165, 1.54) is 0 Å². The van der Waals surface area contributed by atoms with Gasteiger partial charge in [0.1, 0.15) is 0 Å². The highest BCUT2D eigenvalue weighted by molar-refractivity contribution is 9.10. The number of hydrogen-bond donors (Lipinski definition) is 3. The van der Waals surface area contributed by atoms with Gasteiger partial charge in [-0.05, 0) is 67.9 Å². The van der Waals surface area contributed by atoms with Gasteiger partial charge in [0.2, 0.25) is 0 Å². The van der Waals surface area contributed by atoms with Gasteiger partial charge in [0.05, 0.1) is 11.6 Å². The molecule has 3 rings (SSSR count). The summed E-state index contributed by atoms with van der Waals surface area (Å²) in [5, 5.41) is 9.84. The number of halogens is 1. The highest BCUT2D eigenvalue weighted by Gasteiger charge is 2.30. The summed E-state index contributed by atoms with van der Waals surface area (Å²) in [5.74, 6) is -0.149. The Bertz CT molecular complexity index is 923. The molecule has 0 saturated heterocycles. The van der Waals surface area contributed by atoms with E-state index in [4.69, 9.17) is 12.2 Å². The minimum atomic E-state index is -0.314. The number of benzene rings is 2. The summed E-state index contributed by atoms with van der Waals surface area (Å²) in [6, 6.07) is 13.6. The van der Waals surface area contributed by atoms with E-state index in [1.54, 1.807) is 0 Å². The van der Waals surface area contributed by atoms with Crippen molar-refractivity contribution in [3.05, 3.63) is 74.9 Å². The first-order valence-electron chi connectivity index (χ1n) is 8.27. The maximum atomic E-state index is 13.1. The fourth-order valence-corrected chi connectivity index (χ4v) is 3.68. The molecule has 0 fully saturated rings. The largest absolute Gasteiger partial charge is 0.351 e. The van der Waals surface area contributed by atoms with Gasteiger partial charge in [-0.2, -0.15) is 0 Å². The lowest BCUT2D eigenvalue weighted by Gasteiger charge is -2.30. The molecule has 0 saturated carbocycles. The highest BCUT2D eigenvalue weighted by atomic mass is 79.9. The van der Waals surface area contributed by atoms with Gasteiger partial charge in [0.25, 0.3) is 5.91 Å². The van der Waals surface area contributed by atoms with E-state index in [-0.39, 0.29) is 11.9 Å². The molecule has 0 aliphatic carbocycles. The molecular weight excluding hydrogens is 410 g/mol. The molecule has 0 aromatic heterocycles. The predicted octanol–water partition coefficient (Wildman–Crippen LogP) is 4.50. The number of hydrogen-bond acceptors (Lipinski definition) is 2. The van der Waals surface area contributed by atoms with Gasteiger partial charge < -0.3 is 16.0 Å². The minimum absolute atomic E-state index is 0.149. The zero-order valence-corrected chi connectivity index (χ0v) is 17.2. The first kappa shape index (κ1) is 18.6. The molecule has 2 aromatic carbocycles. The van der Waals surface area contributed by atoms with Crippen molar-refractivity contribution >= 4 is 44.9 Å². The van der Waals surface area contributed by atoms with E-state index in [9.17, 15) is 4.79 Å². The Kier molecular flexibility index (Phi) is 5.44. The summed E-state index contributed by atoms with van der Waals surface area (Å²) in [7, 11) is 0. The predicted molar refractivity (Wildman–Crippen MR) is 113 cm³/mol. The van der Waals surface area contributed by atoms with Gasteiger partial charge >= 0.3 is 0 Å². The van der Waals surface area contributed by atoms with Crippen LogP contribution in [-0.2, 0) is 4.79 Å². The van der Waals surface area contributed by atoms with Gasteiger partial charge in [-0.15, -0.1) is 0 Å². The van der Waals surface area contributed by atoms with Crippen LogP contribution in [0.1, 0.15) is 29.7 Å². The molecular formula is C20H20BrN3OS. The topological polar surface area (TPSA) is 53.2 Å². The molecule has 1 aliphatic rings. The second-order valence-corrected chi connectivity index (χ2v) is 7.72. The maximum Gasteiger partial charge on any atom is 0.255 e. The number of rotatable bonds is 3. The number of thiocarbonyl (C=S) groups is 1. The minimum Gasteiger partial charge on any atom is -0.351 e. The Balaban J connectivity index is 1.98. The fraction of sp³-hybridized carbons (Fsp3) is 0.200. The summed E-state index contributed by atoms with van der Waals surface area (Å²) < 4.78 is 0.952. The molecule has 0 bridgehead atoms. The summed E-state index contributed by atoms with van der Waals surface area (Å²) >= 11 is 8.79. The van der Waals surface area contributed by atoms with E-state index in [1.807, 2.05) is 63.2 Å². The Labute approximate surface area is 167 Å². The standard InChI is InChI=1S/C20H20BrN3OS/c1-11-7-8-12(2)16(9-11)23-19(25)17-13(3)22-20(26)24-18(17)14-5-4-6-15(21)10-14/h4-10,18H,1-3H3,(H,23,25)(H2,22,24,26)/t18-/m1/s1. The Hall–Kier alpha value is -2.18. The van der Waals surface area contributed by atoms with Crippen molar-refractivity contribution in [3.63, 3.8) is 0 Å². The Morgan fingerprint density at radius 1 is 1.15 bits per heavy atom. The van der Waals surface area contributed by atoms with Crippen molar-refractivity contribution < 1.29 is 4.79 Å². The van der Waals surface area contributed by atoms with Crippen LogP contribution in [0.3, 0.4) is 0 Å². The van der Waals surface area contributed by atoms with Crippen LogP contribution < -0.4 is 16.0 Å². The number of allylic oxidation sites excluding steroid dienone is 1. The van der Waals surface area contributed by atoms with Gasteiger partial charge in [-0.25, -0.2) is 0 Å². The summed E-state index contributed by atoms with van der Waals surface area (Å²) in [4.78, 5) is 13.1. The van der Waals surface area contributed by atoms with E-state index in [0.717, 1.165) is 32.5 Å². The van der Waals surface area contributed by atoms with Crippen LogP contribution in [0.2, 0.25) is 0 Å². The lowest BCUT2D eigenvalue weighted by atomic mass is 9.95. The second kappa shape index (κ2) is 7.60. The van der Waals surface area contributed by atoms with Crippen LogP contribution >= 0.6 is 28.1 Å². The third-order valence-electron chi connectivity index (χ3n) is 4.34. The lowest BCUT2D eigenvalue weighted by molar-refractivity contribution is -0.113. The molecule has 26 heavy (non-hydrogen) atoms. The first-order valence-corrected chi connectivity index (χ1v) is 9.47. The molecule has 1 atom stereocenters. The van der Waals surface area contributed by atoms with E-state index >= 15 is 0 Å². The third kappa shape index (κ3) is 3.97. The summed E-state index contributed by atoms with van der Waals surface area (Å²) in [5.41, 5.74) is 5.28. The number of anilines is 1. The average molecular weight is 430 g/mol. The molecule has 1 heterocycles. The van der Waals surface area contributed by atoms with Gasteiger partial charge in [-0.3, -0.25) is 4.79 Å². The van der Waals surface area contributed by atoms with Gasteiger partial charge in [0.15, 0.2) is 5.11 Å². The van der Waals surface area contributed by atoms with Gasteiger partial charge in [0, 0.05) is 15.9 Å². The van der Waals surface area contributed by atoms with Crippen molar-refractivity contribution in [2.75, 3.05) is 5.32 Å². The van der Waals surface area contributed by atoms with Crippen LogP contribution in [0, 0.1) is 13.8 Å². The second-order valence-electron chi connectivity index (χ2n) is 6.40. The van der Waals surface area contributed by atoms with Crippen molar-refractivity contribution in [3.8, 4) is 0 Å². The van der Waals surface area contributed by atoms with Crippen LogP contribution in [0.15, 0.2) is 58.2 Å². The molecule has 1 aliphatic heterocycles. The molecule has 4 nitrogen and oxygen atoms in total. The first-order chi connectivity index (χ1) is 12.3. The maximum absolute atomic E-state index is 13.1. The van der Waals surface area contributed by atoms with Crippen LogP contribution in [0.25, 0.3) is 0 Å². The Morgan fingerprint density at radius 3 is 2.65 bits per heavy atom. The van der Waals surface area contributed by atoms with Crippen molar-refractivity contribution in [2.45, 2.75) is 26.8 Å². The van der Waals surface area contributed by atoms with Crippen molar-refractivity contribution in [1.82, 2.24) is 10.6 Å². The molecule has 0 unspecified atom stereocenters. The van der Waals surface area contributed by atoms with Gasteiger partial charge in [-0.1, -0.05) is 40.2 Å². The van der Waals surface area contributed by atoms with Crippen molar-refractivity contribution in [1.29, 1.82) is 0 Å². The summed E-state index contributed by atoms with van der Waals surface area (Å²) in [6.07, 6.45) is 0. The molecule has 3 N–H and O–H groups in total. The van der Waals surface area contributed by atoms with Crippen LogP contribution in [-0.4, -0.2) is 11.0 Å².